The number of nitrogens with one attached hydrogen (secondary N) is 2. The third kappa shape index (κ3) is 6.18. The van der Waals surface area contributed by atoms with Gasteiger partial charge in [-0.15, -0.1) is 0 Å². The number of anilines is 1. The van der Waals surface area contributed by atoms with Crippen molar-refractivity contribution in [1.82, 2.24) is 5.48 Å². The SMILES string of the molecule is NS(=O)(=O)c1ccc(NCCCCCC(=O)NO)c([N+](=O)[O-])c1. The Morgan fingerprint density at radius 3 is 2.57 bits per heavy atom. The number of sulfonamides is 1. The molecule has 0 aliphatic carbocycles. The zero-order valence-corrected chi connectivity index (χ0v) is 13.0. The molecule has 23 heavy (non-hydrogen) atoms. The first-order chi connectivity index (χ1) is 10.8. The summed E-state index contributed by atoms with van der Waals surface area (Å²) < 4.78 is 22.4. The fourth-order valence-corrected chi connectivity index (χ4v) is 2.39. The van der Waals surface area contributed by atoms with Gasteiger partial charge in [-0.3, -0.25) is 20.1 Å². The molecule has 0 heterocycles. The number of nitrogens with two attached hydrogens (primary N) is 1. The highest BCUT2D eigenvalue weighted by Gasteiger charge is 2.18. The molecule has 0 saturated heterocycles. The fourth-order valence-electron chi connectivity index (χ4n) is 1.86. The topological polar surface area (TPSA) is 165 Å². The van der Waals surface area contributed by atoms with E-state index in [0.717, 1.165) is 6.07 Å². The summed E-state index contributed by atoms with van der Waals surface area (Å²) >= 11 is 0. The van der Waals surface area contributed by atoms with Crippen LogP contribution in [0.1, 0.15) is 25.7 Å². The van der Waals surface area contributed by atoms with Crippen molar-refractivity contribution in [3.63, 3.8) is 0 Å². The Labute approximate surface area is 132 Å². The Balaban J connectivity index is 2.60. The summed E-state index contributed by atoms with van der Waals surface area (Å²) in [5.74, 6) is -0.466. The molecular formula is C12H18N4O6S. The van der Waals surface area contributed by atoms with Gasteiger partial charge in [-0.1, -0.05) is 6.42 Å². The second-order valence-corrected chi connectivity index (χ2v) is 6.31. The van der Waals surface area contributed by atoms with E-state index in [1.807, 2.05) is 0 Å². The highest BCUT2D eigenvalue weighted by molar-refractivity contribution is 7.89. The number of hydrogen-bond donors (Lipinski definition) is 4. The van der Waals surface area contributed by atoms with Crippen molar-refractivity contribution < 1.29 is 23.3 Å². The minimum absolute atomic E-state index is 0.190. The quantitative estimate of drug-likeness (QED) is 0.221. The van der Waals surface area contributed by atoms with E-state index in [1.54, 1.807) is 0 Å². The molecule has 0 aliphatic heterocycles. The third-order valence-electron chi connectivity index (χ3n) is 3.02. The van der Waals surface area contributed by atoms with Crippen LogP contribution in [0.15, 0.2) is 23.1 Å². The largest absolute Gasteiger partial charge is 0.379 e. The second kappa shape index (κ2) is 8.41. The van der Waals surface area contributed by atoms with Gasteiger partial charge in [0.2, 0.25) is 15.9 Å². The second-order valence-electron chi connectivity index (χ2n) is 4.75. The lowest BCUT2D eigenvalue weighted by Gasteiger charge is -2.08. The average molecular weight is 346 g/mol. The monoisotopic (exact) mass is 346 g/mol. The van der Waals surface area contributed by atoms with Crippen LogP contribution >= 0.6 is 0 Å². The average Bonchev–Trinajstić information content (AvgIpc) is 2.49. The molecule has 1 aromatic rings. The van der Waals surface area contributed by atoms with Gasteiger partial charge in [0.05, 0.1) is 9.82 Å². The van der Waals surface area contributed by atoms with Crippen molar-refractivity contribution in [2.75, 3.05) is 11.9 Å². The van der Waals surface area contributed by atoms with Crippen LogP contribution in [0.3, 0.4) is 0 Å². The van der Waals surface area contributed by atoms with Crippen LogP contribution in [0.2, 0.25) is 0 Å². The molecule has 1 aromatic carbocycles. The van der Waals surface area contributed by atoms with Crippen LogP contribution in [-0.4, -0.2) is 31.0 Å². The maximum Gasteiger partial charge on any atom is 0.293 e. The predicted molar refractivity (Wildman–Crippen MR) is 81.4 cm³/mol. The van der Waals surface area contributed by atoms with Gasteiger partial charge >= 0.3 is 0 Å². The summed E-state index contributed by atoms with van der Waals surface area (Å²) in [7, 11) is -4.01. The van der Waals surface area contributed by atoms with Gasteiger partial charge in [-0.25, -0.2) is 19.0 Å². The Hall–Kier alpha value is -2.24. The molecule has 128 valence electrons. The molecule has 0 atom stereocenters. The predicted octanol–water partition coefficient (Wildman–Crippen LogP) is 0.720. The summed E-state index contributed by atoms with van der Waals surface area (Å²) in [5.41, 5.74) is 1.34. The Morgan fingerprint density at radius 1 is 1.30 bits per heavy atom. The number of carbonyl (C=O) groups is 1. The summed E-state index contributed by atoms with van der Waals surface area (Å²) in [6.45, 7) is 0.413. The number of carbonyl (C=O) groups excluding carboxylic acids is 1. The van der Waals surface area contributed by atoms with E-state index in [-0.39, 0.29) is 22.7 Å². The normalized spacial score (nSPS) is 11.0. The lowest BCUT2D eigenvalue weighted by molar-refractivity contribution is -0.384. The van der Waals surface area contributed by atoms with Gasteiger partial charge < -0.3 is 5.32 Å². The van der Waals surface area contributed by atoms with Gasteiger partial charge in [0.25, 0.3) is 5.69 Å². The van der Waals surface area contributed by atoms with Crippen molar-refractivity contribution in [2.24, 2.45) is 5.14 Å². The number of unbranched alkanes of at least 4 members (excludes halogenated alkanes) is 2. The Morgan fingerprint density at radius 2 is 2.00 bits per heavy atom. The zero-order valence-electron chi connectivity index (χ0n) is 12.2. The highest BCUT2D eigenvalue weighted by Crippen LogP contribution is 2.27. The minimum atomic E-state index is -4.01. The Bertz CT molecular complexity index is 676. The number of hydrogen-bond acceptors (Lipinski definition) is 7. The molecule has 10 nitrogen and oxygen atoms in total. The van der Waals surface area contributed by atoms with E-state index < -0.39 is 20.9 Å². The van der Waals surface area contributed by atoms with Gasteiger partial charge in [-0.2, -0.15) is 0 Å². The number of nitro benzene ring substituents is 1. The molecule has 0 saturated carbocycles. The van der Waals surface area contributed by atoms with Crippen molar-refractivity contribution in [3.05, 3.63) is 28.3 Å². The number of amides is 1. The third-order valence-corrected chi connectivity index (χ3v) is 3.93. The molecule has 0 bridgehead atoms. The number of primary sulfonamides is 1. The molecule has 1 rings (SSSR count). The maximum atomic E-state index is 11.2. The summed E-state index contributed by atoms with van der Waals surface area (Å²) in [6.07, 6.45) is 2.09. The molecular weight excluding hydrogens is 328 g/mol. The molecule has 0 aliphatic rings. The molecule has 11 heteroatoms. The van der Waals surface area contributed by atoms with Crippen LogP contribution in [0.4, 0.5) is 11.4 Å². The molecule has 0 fully saturated rings. The highest BCUT2D eigenvalue weighted by atomic mass is 32.2. The Kier molecular flexibility index (Phi) is 6.88. The van der Waals surface area contributed by atoms with Crippen LogP contribution < -0.4 is 15.9 Å². The van der Waals surface area contributed by atoms with Crippen molar-refractivity contribution in [1.29, 1.82) is 0 Å². The van der Waals surface area contributed by atoms with Gasteiger partial charge in [0.1, 0.15) is 5.69 Å². The molecule has 1 amide bonds. The van der Waals surface area contributed by atoms with Crippen molar-refractivity contribution >= 4 is 27.3 Å². The number of nitrogens with zero attached hydrogens (tertiary/aromatic N) is 1. The zero-order chi connectivity index (χ0) is 17.5. The van der Waals surface area contributed by atoms with E-state index in [2.05, 4.69) is 5.32 Å². The lowest BCUT2D eigenvalue weighted by atomic mass is 10.2. The summed E-state index contributed by atoms with van der Waals surface area (Å²) in [5, 5.41) is 27.1. The van der Waals surface area contributed by atoms with E-state index >= 15 is 0 Å². The van der Waals surface area contributed by atoms with Crippen LogP contribution in [0.25, 0.3) is 0 Å². The number of hydroxylamine groups is 1. The fraction of sp³-hybridized carbons (Fsp3) is 0.417. The maximum absolute atomic E-state index is 11.2. The molecule has 0 radical (unpaired) electrons. The van der Waals surface area contributed by atoms with Crippen molar-refractivity contribution in [2.45, 2.75) is 30.6 Å². The van der Waals surface area contributed by atoms with E-state index in [0.29, 0.717) is 25.8 Å². The molecule has 0 aromatic heterocycles. The summed E-state index contributed by atoms with van der Waals surface area (Å²) in [4.78, 5) is 20.8. The standard InChI is InChI=1S/C12H18N4O6S/c13-23(21,22)9-5-6-10(11(8-9)16(19)20)14-7-3-1-2-4-12(17)15-18/h5-6,8,14,18H,1-4,7H2,(H,15,17)(H2,13,21,22). The van der Waals surface area contributed by atoms with Gasteiger partial charge in [-0.05, 0) is 25.0 Å². The van der Waals surface area contributed by atoms with Crippen molar-refractivity contribution in [3.8, 4) is 0 Å². The number of rotatable bonds is 9. The van der Waals surface area contributed by atoms with E-state index in [1.165, 1.54) is 17.6 Å². The first-order valence-electron chi connectivity index (χ1n) is 6.73. The first-order valence-corrected chi connectivity index (χ1v) is 8.28. The van der Waals surface area contributed by atoms with Gasteiger partial charge in [0.15, 0.2) is 0 Å². The minimum Gasteiger partial charge on any atom is -0.379 e. The lowest BCUT2D eigenvalue weighted by Crippen LogP contribution is -2.17. The van der Waals surface area contributed by atoms with Crippen LogP contribution in [0, 0.1) is 10.1 Å². The summed E-state index contributed by atoms with van der Waals surface area (Å²) in [6, 6.07) is 3.39. The smallest absolute Gasteiger partial charge is 0.293 e. The van der Waals surface area contributed by atoms with Crippen LogP contribution in [-0.2, 0) is 14.8 Å². The number of nitro groups is 1. The molecule has 0 unspecified atom stereocenters. The molecule has 0 spiro atoms. The first kappa shape index (κ1) is 18.8. The van der Waals surface area contributed by atoms with Crippen LogP contribution in [0.5, 0.6) is 0 Å². The van der Waals surface area contributed by atoms with E-state index in [4.69, 9.17) is 10.3 Å². The molecule has 5 N–H and O–H groups in total. The van der Waals surface area contributed by atoms with Gasteiger partial charge in [0, 0.05) is 19.0 Å². The van der Waals surface area contributed by atoms with E-state index in [9.17, 15) is 23.3 Å². The number of benzene rings is 1.